The molecular formula is C17H19ClN2O3. The largest absolute Gasteiger partial charge is 0.467 e. The summed E-state index contributed by atoms with van der Waals surface area (Å²) in [4.78, 5) is 24.2. The van der Waals surface area contributed by atoms with Crippen LogP contribution in [0.3, 0.4) is 0 Å². The second-order valence-corrected chi connectivity index (χ2v) is 4.76. The summed E-state index contributed by atoms with van der Waals surface area (Å²) < 4.78 is 4.76. The first-order valence-corrected chi connectivity index (χ1v) is 6.87. The number of carbonyl (C=O) groups excluding carboxylic acids is 2. The summed E-state index contributed by atoms with van der Waals surface area (Å²) in [6.07, 6.45) is 0. The van der Waals surface area contributed by atoms with E-state index in [9.17, 15) is 9.59 Å². The number of ether oxygens (including phenoxy) is 1. The highest BCUT2D eigenvalue weighted by Gasteiger charge is 2.26. The number of carbonyl (C=O) groups is 2. The van der Waals surface area contributed by atoms with Crippen LogP contribution in [0.1, 0.15) is 23.2 Å². The van der Waals surface area contributed by atoms with E-state index < -0.39 is 24.0 Å². The Bertz CT molecular complexity index is 635. The Balaban J connectivity index is 0.00000264. The number of esters is 1. The van der Waals surface area contributed by atoms with Crippen molar-refractivity contribution in [2.24, 2.45) is 5.73 Å². The third-order valence-corrected chi connectivity index (χ3v) is 3.30. The Morgan fingerprint density at radius 1 is 0.957 bits per heavy atom. The first kappa shape index (κ1) is 18.7. The number of amides is 1. The maximum Gasteiger partial charge on any atom is 0.333 e. The molecule has 0 aliphatic heterocycles. The van der Waals surface area contributed by atoms with E-state index in [0.717, 1.165) is 0 Å². The third-order valence-electron chi connectivity index (χ3n) is 3.30. The highest BCUT2D eigenvalue weighted by molar-refractivity contribution is 5.88. The van der Waals surface area contributed by atoms with Crippen molar-refractivity contribution in [2.75, 3.05) is 7.11 Å². The minimum absolute atomic E-state index is 0. The minimum Gasteiger partial charge on any atom is -0.467 e. The number of halogens is 1. The van der Waals surface area contributed by atoms with Gasteiger partial charge < -0.3 is 15.8 Å². The number of rotatable bonds is 5. The summed E-state index contributed by atoms with van der Waals surface area (Å²) in [6, 6.07) is 16.1. The maximum absolute atomic E-state index is 12.3. The van der Waals surface area contributed by atoms with E-state index in [2.05, 4.69) is 5.32 Å². The quantitative estimate of drug-likeness (QED) is 0.821. The molecule has 0 heterocycles. The lowest BCUT2D eigenvalue weighted by atomic mass is 10.0. The summed E-state index contributed by atoms with van der Waals surface area (Å²) in [5, 5.41) is 2.64. The predicted octanol–water partition coefficient (Wildman–Crippen LogP) is 2.14. The highest BCUT2D eigenvalue weighted by atomic mass is 35.5. The van der Waals surface area contributed by atoms with E-state index in [0.29, 0.717) is 11.1 Å². The summed E-state index contributed by atoms with van der Waals surface area (Å²) in [6.45, 7) is 0. The number of nitrogens with one attached hydrogen (secondary N) is 1. The average molecular weight is 335 g/mol. The van der Waals surface area contributed by atoms with Gasteiger partial charge in [-0.15, -0.1) is 12.4 Å². The fourth-order valence-electron chi connectivity index (χ4n) is 2.09. The molecule has 0 saturated heterocycles. The van der Waals surface area contributed by atoms with Crippen molar-refractivity contribution in [3.05, 3.63) is 71.8 Å². The first-order chi connectivity index (χ1) is 10.6. The van der Waals surface area contributed by atoms with Crippen molar-refractivity contribution in [3.63, 3.8) is 0 Å². The van der Waals surface area contributed by atoms with Crippen LogP contribution in [-0.4, -0.2) is 19.0 Å². The Hall–Kier alpha value is -2.37. The maximum atomic E-state index is 12.3. The molecule has 5 nitrogen and oxygen atoms in total. The SMILES string of the molecule is COC(=O)[C@H](NC(=O)[C@H](N)c1ccccc1)c1ccccc1.Cl. The molecule has 0 bridgehead atoms. The van der Waals surface area contributed by atoms with Gasteiger partial charge in [0.1, 0.15) is 6.04 Å². The zero-order chi connectivity index (χ0) is 15.9. The zero-order valence-corrected chi connectivity index (χ0v) is 13.5. The van der Waals surface area contributed by atoms with Crippen LogP contribution in [-0.2, 0) is 14.3 Å². The zero-order valence-electron chi connectivity index (χ0n) is 12.6. The van der Waals surface area contributed by atoms with Crippen LogP contribution in [0.25, 0.3) is 0 Å². The van der Waals surface area contributed by atoms with Gasteiger partial charge in [0.15, 0.2) is 6.04 Å². The lowest BCUT2D eigenvalue weighted by molar-refractivity contribution is -0.145. The molecule has 0 unspecified atom stereocenters. The number of hydrogen-bond donors (Lipinski definition) is 2. The predicted molar refractivity (Wildman–Crippen MR) is 90.0 cm³/mol. The van der Waals surface area contributed by atoms with Crippen LogP contribution < -0.4 is 11.1 Å². The number of benzene rings is 2. The molecule has 0 aliphatic carbocycles. The summed E-state index contributed by atoms with van der Waals surface area (Å²) in [5.74, 6) is -0.981. The molecule has 0 aliphatic rings. The lowest BCUT2D eigenvalue weighted by Crippen LogP contribution is -2.40. The van der Waals surface area contributed by atoms with E-state index in [1.165, 1.54) is 7.11 Å². The number of nitrogens with two attached hydrogens (primary N) is 1. The smallest absolute Gasteiger partial charge is 0.333 e. The normalized spacial score (nSPS) is 12.4. The highest BCUT2D eigenvalue weighted by Crippen LogP contribution is 2.17. The van der Waals surface area contributed by atoms with Crippen molar-refractivity contribution < 1.29 is 14.3 Å². The fourth-order valence-corrected chi connectivity index (χ4v) is 2.09. The Kier molecular flexibility index (Phi) is 7.25. The van der Waals surface area contributed by atoms with Crippen molar-refractivity contribution in [2.45, 2.75) is 12.1 Å². The Morgan fingerprint density at radius 2 is 1.43 bits per heavy atom. The van der Waals surface area contributed by atoms with E-state index in [4.69, 9.17) is 10.5 Å². The molecule has 1 amide bonds. The van der Waals surface area contributed by atoms with E-state index in [-0.39, 0.29) is 12.4 Å². The van der Waals surface area contributed by atoms with Crippen LogP contribution in [0.15, 0.2) is 60.7 Å². The third kappa shape index (κ3) is 4.81. The first-order valence-electron chi connectivity index (χ1n) is 6.87. The second-order valence-electron chi connectivity index (χ2n) is 4.76. The van der Waals surface area contributed by atoms with Gasteiger partial charge in [0.05, 0.1) is 7.11 Å². The van der Waals surface area contributed by atoms with E-state index in [1.54, 1.807) is 48.5 Å². The molecule has 0 aromatic heterocycles. The van der Waals surface area contributed by atoms with Gasteiger partial charge in [0, 0.05) is 0 Å². The van der Waals surface area contributed by atoms with Gasteiger partial charge >= 0.3 is 5.97 Å². The molecule has 0 saturated carbocycles. The van der Waals surface area contributed by atoms with E-state index >= 15 is 0 Å². The summed E-state index contributed by atoms with van der Waals surface area (Å²) >= 11 is 0. The second kappa shape index (κ2) is 8.92. The van der Waals surface area contributed by atoms with Gasteiger partial charge in [0.2, 0.25) is 5.91 Å². The monoisotopic (exact) mass is 334 g/mol. The summed E-state index contributed by atoms with van der Waals surface area (Å²) in [5.41, 5.74) is 7.26. The van der Waals surface area contributed by atoms with Crippen LogP contribution in [0.2, 0.25) is 0 Å². The molecule has 2 aromatic rings. The van der Waals surface area contributed by atoms with Gasteiger partial charge in [-0.2, -0.15) is 0 Å². The van der Waals surface area contributed by atoms with Crippen molar-refractivity contribution in [1.29, 1.82) is 0 Å². The van der Waals surface area contributed by atoms with Crippen molar-refractivity contribution >= 4 is 24.3 Å². The molecule has 2 rings (SSSR count). The van der Waals surface area contributed by atoms with Gasteiger partial charge in [-0.1, -0.05) is 60.7 Å². The molecule has 3 N–H and O–H groups in total. The molecular weight excluding hydrogens is 316 g/mol. The standard InChI is InChI=1S/C17H18N2O3.ClH/c1-22-17(21)15(13-10-6-3-7-11-13)19-16(20)14(18)12-8-4-2-5-9-12;/h2-11,14-15H,18H2,1H3,(H,19,20);1H/t14-,15-;/m1./s1. The minimum atomic E-state index is -0.881. The fraction of sp³-hybridized carbons (Fsp3) is 0.176. The molecule has 0 radical (unpaired) electrons. The number of hydrogen-bond acceptors (Lipinski definition) is 4. The lowest BCUT2D eigenvalue weighted by Gasteiger charge is -2.19. The molecule has 2 atom stereocenters. The molecule has 6 heteroatoms. The molecule has 2 aromatic carbocycles. The van der Waals surface area contributed by atoms with Crippen LogP contribution in [0, 0.1) is 0 Å². The summed E-state index contributed by atoms with van der Waals surface area (Å²) in [7, 11) is 1.28. The van der Waals surface area contributed by atoms with Crippen LogP contribution in [0.5, 0.6) is 0 Å². The van der Waals surface area contributed by atoms with Crippen molar-refractivity contribution in [3.8, 4) is 0 Å². The molecule has 23 heavy (non-hydrogen) atoms. The average Bonchev–Trinajstić information content (AvgIpc) is 2.59. The van der Waals surface area contributed by atoms with Crippen LogP contribution >= 0.6 is 12.4 Å². The van der Waals surface area contributed by atoms with Gasteiger partial charge in [-0.3, -0.25) is 4.79 Å². The molecule has 122 valence electrons. The van der Waals surface area contributed by atoms with Crippen molar-refractivity contribution in [1.82, 2.24) is 5.32 Å². The molecule has 0 fully saturated rings. The van der Waals surface area contributed by atoms with Gasteiger partial charge in [-0.25, -0.2) is 4.79 Å². The Morgan fingerprint density at radius 3 is 1.91 bits per heavy atom. The number of methoxy groups -OCH3 is 1. The Labute approximate surface area is 141 Å². The van der Waals surface area contributed by atoms with Gasteiger partial charge in [-0.05, 0) is 11.1 Å². The topological polar surface area (TPSA) is 81.4 Å². The van der Waals surface area contributed by atoms with Crippen LogP contribution in [0.4, 0.5) is 0 Å². The van der Waals surface area contributed by atoms with E-state index in [1.807, 2.05) is 12.1 Å². The van der Waals surface area contributed by atoms with Gasteiger partial charge in [0.25, 0.3) is 0 Å². The molecule has 0 spiro atoms.